The molecule has 1 N–H and O–H groups in total. The lowest BCUT2D eigenvalue weighted by Crippen LogP contribution is -2.66. The smallest absolute Gasteiger partial charge is 0.396 e. The summed E-state index contributed by atoms with van der Waals surface area (Å²) in [7, 11) is -2.83. The molecular weight excluding hydrogens is 495 g/mol. The standard InChI is InChI=1S/C25H23ClF3N3O2Si/c1-24(2,3)35(19-12-6-4-7-13-19,20-14-8-5-9-15-20)34-16-10-11-18-17-30-23(26)32-21(18)31-22(33)25(27,28)29/h4-9,12-15,17H,16H2,1-3H3,(H,30,31,32,33). The van der Waals surface area contributed by atoms with Crippen LogP contribution in [0.4, 0.5) is 19.0 Å². The fraction of sp³-hybridized carbons (Fsp3) is 0.240. The quantitative estimate of drug-likeness (QED) is 0.306. The summed E-state index contributed by atoms with van der Waals surface area (Å²) < 4.78 is 44.7. The van der Waals surface area contributed by atoms with Crippen LogP contribution < -0.4 is 15.7 Å². The van der Waals surface area contributed by atoms with Crippen molar-refractivity contribution < 1.29 is 22.4 Å². The fourth-order valence-corrected chi connectivity index (χ4v) is 8.34. The third-order valence-electron chi connectivity index (χ3n) is 5.25. The van der Waals surface area contributed by atoms with Gasteiger partial charge in [0.2, 0.25) is 5.28 Å². The third kappa shape index (κ3) is 6.09. The largest absolute Gasteiger partial charge is 0.471 e. The van der Waals surface area contributed by atoms with Crippen molar-refractivity contribution in [3.8, 4) is 11.8 Å². The number of carbonyl (C=O) groups is 1. The second-order valence-electron chi connectivity index (χ2n) is 8.61. The first-order chi connectivity index (χ1) is 16.4. The summed E-state index contributed by atoms with van der Waals surface area (Å²) in [6.45, 7) is 6.34. The van der Waals surface area contributed by atoms with Crippen molar-refractivity contribution in [1.82, 2.24) is 9.97 Å². The minimum atomic E-state index is -5.09. The minimum absolute atomic E-state index is 0.0113. The van der Waals surface area contributed by atoms with Gasteiger partial charge in [0.05, 0.1) is 12.2 Å². The summed E-state index contributed by atoms with van der Waals surface area (Å²) >= 11 is 5.70. The number of halogens is 4. The van der Waals surface area contributed by atoms with E-state index in [1.54, 1.807) is 5.32 Å². The Morgan fingerprint density at radius 3 is 2.06 bits per heavy atom. The molecule has 35 heavy (non-hydrogen) atoms. The highest BCUT2D eigenvalue weighted by Crippen LogP contribution is 2.36. The van der Waals surface area contributed by atoms with Gasteiger partial charge in [-0.3, -0.25) is 4.79 Å². The van der Waals surface area contributed by atoms with Gasteiger partial charge in [-0.2, -0.15) is 18.2 Å². The van der Waals surface area contributed by atoms with Crippen LogP contribution in [0.25, 0.3) is 0 Å². The van der Waals surface area contributed by atoms with E-state index in [-0.39, 0.29) is 22.5 Å². The van der Waals surface area contributed by atoms with E-state index < -0.39 is 26.2 Å². The van der Waals surface area contributed by atoms with Crippen LogP contribution in [0.3, 0.4) is 0 Å². The van der Waals surface area contributed by atoms with E-state index >= 15 is 0 Å². The van der Waals surface area contributed by atoms with Crippen LogP contribution in [0.1, 0.15) is 26.3 Å². The first kappa shape index (κ1) is 26.4. The Kier molecular flexibility index (Phi) is 8.00. The molecule has 5 nitrogen and oxygen atoms in total. The molecule has 1 heterocycles. The van der Waals surface area contributed by atoms with Gasteiger partial charge < -0.3 is 9.74 Å². The van der Waals surface area contributed by atoms with E-state index in [0.717, 1.165) is 16.6 Å². The summed E-state index contributed by atoms with van der Waals surface area (Å²) in [5.41, 5.74) is -0.0157. The van der Waals surface area contributed by atoms with E-state index in [1.807, 2.05) is 60.7 Å². The lowest BCUT2D eigenvalue weighted by atomic mass is 10.2. The molecule has 0 aliphatic heterocycles. The zero-order chi connectivity index (χ0) is 25.7. The van der Waals surface area contributed by atoms with E-state index in [9.17, 15) is 18.0 Å². The van der Waals surface area contributed by atoms with Gasteiger partial charge in [0, 0.05) is 6.20 Å². The summed E-state index contributed by atoms with van der Waals surface area (Å²) in [5, 5.41) is 3.22. The molecule has 0 radical (unpaired) electrons. The van der Waals surface area contributed by atoms with E-state index in [0.29, 0.717) is 0 Å². The highest BCUT2D eigenvalue weighted by molar-refractivity contribution is 6.99. The lowest BCUT2D eigenvalue weighted by molar-refractivity contribution is -0.167. The van der Waals surface area contributed by atoms with Gasteiger partial charge in [-0.25, -0.2) is 4.98 Å². The summed E-state index contributed by atoms with van der Waals surface area (Å²) in [6.07, 6.45) is -3.94. The van der Waals surface area contributed by atoms with Crippen molar-refractivity contribution >= 4 is 42.0 Å². The minimum Gasteiger partial charge on any atom is -0.396 e. The van der Waals surface area contributed by atoms with Gasteiger partial charge in [0.15, 0.2) is 5.82 Å². The number of anilines is 1. The molecule has 10 heteroatoms. The lowest BCUT2D eigenvalue weighted by Gasteiger charge is -2.42. The molecule has 0 aliphatic carbocycles. The maximum absolute atomic E-state index is 12.7. The van der Waals surface area contributed by atoms with Gasteiger partial charge in [0.25, 0.3) is 8.32 Å². The Hall–Kier alpha value is -3.19. The molecule has 0 bridgehead atoms. The Bertz CT molecular complexity index is 1200. The Labute approximate surface area is 207 Å². The number of nitrogens with one attached hydrogen (secondary N) is 1. The molecule has 0 fully saturated rings. The van der Waals surface area contributed by atoms with Crippen molar-refractivity contribution in [3.05, 3.63) is 77.7 Å². The molecule has 3 rings (SSSR count). The second-order valence-corrected chi connectivity index (χ2v) is 13.3. The van der Waals surface area contributed by atoms with E-state index in [1.165, 1.54) is 0 Å². The van der Waals surface area contributed by atoms with Gasteiger partial charge in [-0.1, -0.05) is 93.3 Å². The summed E-state index contributed by atoms with van der Waals surface area (Å²) in [5.74, 6) is 2.95. The molecule has 1 aromatic heterocycles. The average Bonchev–Trinajstić information content (AvgIpc) is 2.80. The number of benzene rings is 2. The molecule has 0 unspecified atom stereocenters. The van der Waals surface area contributed by atoms with Crippen LogP contribution in [-0.2, 0) is 9.22 Å². The van der Waals surface area contributed by atoms with Crippen molar-refractivity contribution in [2.24, 2.45) is 0 Å². The number of alkyl halides is 3. The normalized spacial score (nSPS) is 12.0. The number of nitrogens with zero attached hydrogens (tertiary/aromatic N) is 2. The van der Waals surface area contributed by atoms with Crippen molar-refractivity contribution in [2.75, 3.05) is 11.9 Å². The number of hydrogen-bond donors (Lipinski definition) is 1. The molecule has 182 valence electrons. The Morgan fingerprint density at radius 1 is 1.03 bits per heavy atom. The Balaban J connectivity index is 1.96. The van der Waals surface area contributed by atoms with Gasteiger partial charge >= 0.3 is 12.1 Å². The molecule has 0 saturated heterocycles. The first-order valence-corrected chi connectivity index (χ1v) is 12.9. The van der Waals surface area contributed by atoms with Crippen molar-refractivity contribution in [1.29, 1.82) is 0 Å². The molecule has 0 saturated carbocycles. The summed E-state index contributed by atoms with van der Waals surface area (Å²) in [6, 6.07) is 19.9. The zero-order valence-electron chi connectivity index (χ0n) is 19.3. The Morgan fingerprint density at radius 2 is 1.57 bits per heavy atom. The molecule has 0 spiro atoms. The predicted octanol–water partition coefficient (Wildman–Crippen LogP) is 4.56. The van der Waals surface area contributed by atoms with E-state index in [2.05, 4.69) is 42.6 Å². The molecule has 2 aromatic carbocycles. The van der Waals surface area contributed by atoms with Crippen LogP contribution in [0.5, 0.6) is 0 Å². The van der Waals surface area contributed by atoms with Crippen molar-refractivity contribution in [2.45, 2.75) is 32.0 Å². The maximum Gasteiger partial charge on any atom is 0.471 e. The van der Waals surface area contributed by atoms with Gasteiger partial charge in [0.1, 0.15) is 0 Å². The van der Waals surface area contributed by atoms with Crippen molar-refractivity contribution in [3.63, 3.8) is 0 Å². The second kappa shape index (κ2) is 10.6. The molecule has 1 amide bonds. The number of carbonyl (C=O) groups excluding carboxylic acids is 1. The van der Waals surface area contributed by atoms with Crippen LogP contribution in [0.2, 0.25) is 10.3 Å². The zero-order valence-corrected chi connectivity index (χ0v) is 21.0. The molecule has 0 aliphatic rings. The number of amides is 1. The van der Waals surface area contributed by atoms with E-state index in [4.69, 9.17) is 16.0 Å². The highest BCUT2D eigenvalue weighted by atomic mass is 35.5. The summed E-state index contributed by atoms with van der Waals surface area (Å²) in [4.78, 5) is 18.8. The third-order valence-corrected chi connectivity index (χ3v) is 10.4. The number of aromatic nitrogens is 2. The predicted molar refractivity (Wildman–Crippen MR) is 132 cm³/mol. The number of hydrogen-bond acceptors (Lipinski definition) is 4. The molecule has 0 atom stereocenters. The SMILES string of the molecule is CC(C)(C)[Si](OCC#Cc1cnc(Cl)nc1NC(=O)C(F)(F)F)(c1ccccc1)c1ccccc1. The first-order valence-electron chi connectivity index (χ1n) is 10.6. The highest BCUT2D eigenvalue weighted by Gasteiger charge is 2.50. The van der Waals surface area contributed by atoms with Crippen LogP contribution in [0.15, 0.2) is 66.9 Å². The fourth-order valence-electron chi connectivity index (χ4n) is 3.76. The molecule has 3 aromatic rings. The molecular formula is C25H23ClF3N3O2Si. The van der Waals surface area contributed by atoms with Gasteiger partial charge in [-0.15, -0.1) is 0 Å². The van der Waals surface area contributed by atoms with Gasteiger partial charge in [-0.05, 0) is 27.0 Å². The monoisotopic (exact) mass is 517 g/mol. The number of rotatable bonds is 5. The maximum atomic E-state index is 12.7. The topological polar surface area (TPSA) is 64.1 Å². The van der Waals surface area contributed by atoms with Crippen LogP contribution in [0, 0.1) is 11.8 Å². The van der Waals surface area contributed by atoms with Crippen LogP contribution >= 0.6 is 11.6 Å². The average molecular weight is 518 g/mol. The van der Waals surface area contributed by atoms with Crippen LogP contribution in [-0.4, -0.2) is 37.0 Å².